The Hall–Kier alpha value is -2.07. The van der Waals surface area contributed by atoms with E-state index < -0.39 is 5.82 Å². The number of anilines is 1. The highest BCUT2D eigenvalue weighted by Crippen LogP contribution is 2.21. The van der Waals surface area contributed by atoms with Gasteiger partial charge in [-0.1, -0.05) is 35.9 Å². The summed E-state index contributed by atoms with van der Waals surface area (Å²) < 4.78 is 13.4. The first-order chi connectivity index (χ1) is 10.1. The highest BCUT2D eigenvalue weighted by molar-refractivity contribution is 6.30. The number of nitrogens with one attached hydrogen (secondary N) is 1. The van der Waals surface area contributed by atoms with Crippen LogP contribution in [0.4, 0.5) is 14.9 Å². The Labute approximate surface area is 127 Å². The first-order valence-electron chi connectivity index (χ1n) is 6.71. The van der Waals surface area contributed by atoms with E-state index in [0.29, 0.717) is 18.8 Å². The second kappa shape index (κ2) is 5.74. The van der Waals surface area contributed by atoms with Crippen molar-refractivity contribution in [2.45, 2.75) is 13.0 Å². The predicted octanol–water partition coefficient (Wildman–Crippen LogP) is 4.07. The van der Waals surface area contributed by atoms with Crippen LogP contribution < -0.4 is 5.32 Å². The van der Waals surface area contributed by atoms with Gasteiger partial charge in [-0.3, -0.25) is 0 Å². The second-order valence-electron chi connectivity index (χ2n) is 5.00. The van der Waals surface area contributed by atoms with Crippen molar-refractivity contribution in [2.24, 2.45) is 0 Å². The standard InChI is InChI=1S/C16H14ClFN2O/c17-14-6-5-13(9-15(14)18)19-16(21)20-8-7-11-3-1-2-4-12(11)10-20/h1-6,9H,7-8,10H2,(H,19,21). The Balaban J connectivity index is 1.70. The molecule has 0 unspecified atom stereocenters. The largest absolute Gasteiger partial charge is 0.322 e. The fourth-order valence-electron chi connectivity index (χ4n) is 2.45. The smallest absolute Gasteiger partial charge is 0.320 e. The van der Waals surface area contributed by atoms with Crippen molar-refractivity contribution in [3.05, 3.63) is 64.4 Å². The fraction of sp³-hybridized carbons (Fsp3) is 0.188. The molecule has 0 spiro atoms. The lowest BCUT2D eigenvalue weighted by Gasteiger charge is -2.29. The van der Waals surface area contributed by atoms with Gasteiger partial charge in [-0.2, -0.15) is 0 Å². The van der Waals surface area contributed by atoms with Crippen LogP contribution >= 0.6 is 11.6 Å². The molecule has 0 bridgehead atoms. The zero-order valence-electron chi connectivity index (χ0n) is 11.3. The molecule has 0 saturated carbocycles. The SMILES string of the molecule is O=C(Nc1ccc(Cl)c(F)c1)N1CCc2ccccc2C1. The third kappa shape index (κ3) is 3.00. The number of hydrogen-bond donors (Lipinski definition) is 1. The molecular formula is C16H14ClFN2O. The molecule has 21 heavy (non-hydrogen) atoms. The number of carbonyl (C=O) groups excluding carboxylic acids is 1. The van der Waals surface area contributed by atoms with E-state index in [1.165, 1.54) is 17.7 Å². The molecule has 0 radical (unpaired) electrons. The lowest BCUT2D eigenvalue weighted by atomic mass is 10.0. The summed E-state index contributed by atoms with van der Waals surface area (Å²) in [6, 6.07) is 12.1. The van der Waals surface area contributed by atoms with Gasteiger partial charge < -0.3 is 10.2 Å². The summed E-state index contributed by atoms with van der Waals surface area (Å²) in [6.45, 7) is 1.22. The van der Waals surface area contributed by atoms with Crippen molar-refractivity contribution in [2.75, 3.05) is 11.9 Å². The zero-order chi connectivity index (χ0) is 14.8. The van der Waals surface area contributed by atoms with Crippen molar-refractivity contribution < 1.29 is 9.18 Å². The zero-order valence-corrected chi connectivity index (χ0v) is 12.0. The third-order valence-electron chi connectivity index (χ3n) is 3.59. The second-order valence-corrected chi connectivity index (χ2v) is 5.41. The molecule has 0 aliphatic carbocycles. The molecule has 1 N–H and O–H groups in total. The van der Waals surface area contributed by atoms with Gasteiger partial charge in [0.15, 0.2) is 0 Å². The minimum absolute atomic E-state index is 0.0416. The van der Waals surface area contributed by atoms with Crippen molar-refractivity contribution in [3.8, 4) is 0 Å². The quantitative estimate of drug-likeness (QED) is 0.846. The van der Waals surface area contributed by atoms with Crippen molar-refractivity contribution in [3.63, 3.8) is 0 Å². The number of halogens is 2. The van der Waals surface area contributed by atoms with Crippen LogP contribution in [-0.2, 0) is 13.0 Å². The Morgan fingerprint density at radius 3 is 2.71 bits per heavy atom. The maximum absolute atomic E-state index is 13.4. The first kappa shape index (κ1) is 13.9. The Kier molecular flexibility index (Phi) is 3.80. The molecule has 0 aromatic heterocycles. The molecule has 5 heteroatoms. The number of nitrogens with zero attached hydrogens (tertiary/aromatic N) is 1. The van der Waals surface area contributed by atoms with Crippen LogP contribution in [0.3, 0.4) is 0 Å². The van der Waals surface area contributed by atoms with Gasteiger partial charge in [0, 0.05) is 18.8 Å². The van der Waals surface area contributed by atoms with Gasteiger partial charge in [0.2, 0.25) is 0 Å². The van der Waals surface area contributed by atoms with Gasteiger partial charge in [-0.05, 0) is 35.7 Å². The maximum Gasteiger partial charge on any atom is 0.322 e. The van der Waals surface area contributed by atoms with E-state index >= 15 is 0 Å². The molecule has 0 saturated heterocycles. The number of benzene rings is 2. The third-order valence-corrected chi connectivity index (χ3v) is 3.90. The van der Waals surface area contributed by atoms with Crippen LogP contribution in [0.25, 0.3) is 0 Å². The summed E-state index contributed by atoms with van der Waals surface area (Å²) in [7, 11) is 0. The monoisotopic (exact) mass is 304 g/mol. The van der Waals surface area contributed by atoms with Gasteiger partial charge in [-0.25, -0.2) is 9.18 Å². The number of fused-ring (bicyclic) bond motifs is 1. The fourth-order valence-corrected chi connectivity index (χ4v) is 2.56. The Morgan fingerprint density at radius 1 is 1.19 bits per heavy atom. The summed E-state index contributed by atoms with van der Waals surface area (Å²) in [5, 5.41) is 2.74. The average molecular weight is 305 g/mol. The molecule has 0 atom stereocenters. The van der Waals surface area contributed by atoms with E-state index in [0.717, 1.165) is 12.0 Å². The first-order valence-corrected chi connectivity index (χ1v) is 7.09. The number of amides is 2. The number of hydrogen-bond acceptors (Lipinski definition) is 1. The number of carbonyl (C=O) groups is 1. The Bertz CT molecular complexity index is 690. The summed E-state index contributed by atoms with van der Waals surface area (Å²) in [5.74, 6) is -0.543. The molecule has 3 rings (SSSR count). The van der Waals surface area contributed by atoms with Gasteiger partial charge >= 0.3 is 6.03 Å². The summed E-state index contributed by atoms with van der Waals surface area (Å²) >= 11 is 5.62. The van der Waals surface area contributed by atoms with Crippen molar-refractivity contribution in [1.82, 2.24) is 4.90 Å². The van der Waals surface area contributed by atoms with Crippen LogP contribution in [0.5, 0.6) is 0 Å². The van der Waals surface area contributed by atoms with Crippen molar-refractivity contribution >= 4 is 23.3 Å². The predicted molar refractivity (Wildman–Crippen MR) is 81.0 cm³/mol. The molecular weight excluding hydrogens is 291 g/mol. The minimum Gasteiger partial charge on any atom is -0.320 e. The van der Waals surface area contributed by atoms with Gasteiger partial charge in [0.25, 0.3) is 0 Å². The van der Waals surface area contributed by atoms with E-state index in [4.69, 9.17) is 11.6 Å². The van der Waals surface area contributed by atoms with Crippen LogP contribution in [0.15, 0.2) is 42.5 Å². The molecule has 2 amide bonds. The summed E-state index contributed by atoms with van der Waals surface area (Å²) in [6.07, 6.45) is 0.832. The molecule has 2 aromatic carbocycles. The number of rotatable bonds is 1. The van der Waals surface area contributed by atoms with Crippen LogP contribution in [0.2, 0.25) is 5.02 Å². The van der Waals surface area contributed by atoms with Gasteiger partial charge in [0.05, 0.1) is 5.02 Å². The van der Waals surface area contributed by atoms with Crippen LogP contribution in [0, 0.1) is 5.82 Å². The van der Waals surface area contributed by atoms with E-state index in [1.807, 2.05) is 18.2 Å². The molecule has 1 heterocycles. The van der Waals surface area contributed by atoms with Crippen LogP contribution in [0.1, 0.15) is 11.1 Å². The molecule has 108 valence electrons. The maximum atomic E-state index is 13.4. The summed E-state index contributed by atoms with van der Waals surface area (Å²) in [5.41, 5.74) is 2.83. The highest BCUT2D eigenvalue weighted by Gasteiger charge is 2.20. The van der Waals surface area contributed by atoms with E-state index in [-0.39, 0.29) is 11.1 Å². The van der Waals surface area contributed by atoms with E-state index in [9.17, 15) is 9.18 Å². The lowest BCUT2D eigenvalue weighted by Crippen LogP contribution is -2.38. The molecule has 3 nitrogen and oxygen atoms in total. The molecule has 2 aromatic rings. The minimum atomic E-state index is -0.543. The van der Waals surface area contributed by atoms with Crippen LogP contribution in [-0.4, -0.2) is 17.5 Å². The van der Waals surface area contributed by atoms with E-state index in [1.54, 1.807) is 11.0 Å². The molecule has 1 aliphatic rings. The highest BCUT2D eigenvalue weighted by atomic mass is 35.5. The topological polar surface area (TPSA) is 32.3 Å². The average Bonchev–Trinajstić information content (AvgIpc) is 2.50. The van der Waals surface area contributed by atoms with Gasteiger partial charge in [0.1, 0.15) is 5.82 Å². The van der Waals surface area contributed by atoms with Crippen molar-refractivity contribution in [1.29, 1.82) is 0 Å². The normalized spacial score (nSPS) is 13.7. The molecule has 0 fully saturated rings. The summed E-state index contributed by atoms with van der Waals surface area (Å²) in [4.78, 5) is 14.0. The molecule has 1 aliphatic heterocycles. The van der Waals surface area contributed by atoms with Gasteiger partial charge in [-0.15, -0.1) is 0 Å². The number of urea groups is 1. The lowest BCUT2D eigenvalue weighted by molar-refractivity contribution is 0.206. The Morgan fingerprint density at radius 2 is 1.95 bits per heavy atom. The van der Waals surface area contributed by atoms with E-state index in [2.05, 4.69) is 11.4 Å².